The van der Waals surface area contributed by atoms with Crippen molar-refractivity contribution < 1.29 is 33.3 Å². The van der Waals surface area contributed by atoms with E-state index in [9.17, 15) is 14.7 Å². The number of carbonyl (C=O) groups is 2. The number of aryl methyl sites for hydroxylation is 2. The van der Waals surface area contributed by atoms with Gasteiger partial charge in [-0.1, -0.05) is 6.07 Å². The van der Waals surface area contributed by atoms with Crippen LogP contribution in [0.3, 0.4) is 0 Å². The molecule has 2 aliphatic rings. The number of carbonyl (C=O) groups excluding carboxylic acids is 2. The van der Waals surface area contributed by atoms with Gasteiger partial charge in [-0.25, -0.2) is 0 Å². The van der Waals surface area contributed by atoms with E-state index in [0.29, 0.717) is 53.5 Å². The third kappa shape index (κ3) is 3.70. The Hall–Kier alpha value is -2.84. The molecular formula is C23H27NO7. The van der Waals surface area contributed by atoms with Crippen molar-refractivity contribution in [1.29, 1.82) is 0 Å². The summed E-state index contributed by atoms with van der Waals surface area (Å²) in [5.74, 6) is 1.76. The normalized spacial score (nSPS) is 21.0. The predicted molar refractivity (Wildman–Crippen MR) is 111 cm³/mol. The molecule has 1 saturated heterocycles. The quantitative estimate of drug-likeness (QED) is 0.780. The third-order valence-corrected chi connectivity index (χ3v) is 6.00. The Balaban J connectivity index is 1.77. The molecule has 4 rings (SSSR count). The summed E-state index contributed by atoms with van der Waals surface area (Å²) in [6.45, 7) is 2.06. The summed E-state index contributed by atoms with van der Waals surface area (Å²) >= 11 is 0. The summed E-state index contributed by atoms with van der Waals surface area (Å²) in [7, 11) is 3.09. The van der Waals surface area contributed by atoms with E-state index in [1.807, 2.05) is 6.07 Å². The van der Waals surface area contributed by atoms with Gasteiger partial charge in [-0.2, -0.15) is 0 Å². The molecule has 1 aromatic heterocycles. The highest BCUT2D eigenvalue weighted by Gasteiger charge is 2.40. The molecule has 166 valence electrons. The first-order valence-corrected chi connectivity index (χ1v) is 10.4. The maximum atomic E-state index is 13.7. The molecule has 1 amide bonds. The number of methoxy groups -OCH3 is 2. The van der Waals surface area contributed by atoms with Gasteiger partial charge in [0.1, 0.15) is 17.6 Å². The van der Waals surface area contributed by atoms with Gasteiger partial charge in [0.25, 0.3) is 5.91 Å². The Kier molecular flexibility index (Phi) is 6.02. The average molecular weight is 429 g/mol. The van der Waals surface area contributed by atoms with Crippen LogP contribution in [0.4, 0.5) is 0 Å². The fourth-order valence-corrected chi connectivity index (χ4v) is 4.55. The molecule has 0 unspecified atom stereocenters. The van der Waals surface area contributed by atoms with E-state index in [1.54, 1.807) is 31.1 Å². The number of aliphatic hydroxyl groups is 1. The second kappa shape index (κ2) is 8.72. The summed E-state index contributed by atoms with van der Waals surface area (Å²) in [6, 6.07) is 4.81. The highest BCUT2D eigenvalue weighted by Crippen LogP contribution is 2.38. The molecular weight excluding hydrogens is 402 g/mol. The van der Waals surface area contributed by atoms with Crippen molar-refractivity contribution in [2.45, 2.75) is 38.3 Å². The lowest BCUT2D eigenvalue weighted by atomic mass is 9.91. The highest BCUT2D eigenvalue weighted by molar-refractivity contribution is 6.10. The van der Waals surface area contributed by atoms with Crippen LogP contribution < -0.4 is 9.47 Å². The molecule has 0 radical (unpaired) electrons. The molecule has 8 nitrogen and oxygen atoms in total. The number of ketones is 1. The average Bonchev–Trinajstić information content (AvgIpc) is 3.14. The smallest absolute Gasteiger partial charge is 0.258 e. The second-order valence-corrected chi connectivity index (χ2v) is 7.76. The number of hydrogen-bond donors (Lipinski definition) is 1. The van der Waals surface area contributed by atoms with Crippen molar-refractivity contribution in [3.63, 3.8) is 0 Å². The first-order valence-electron chi connectivity index (χ1n) is 10.4. The van der Waals surface area contributed by atoms with Crippen molar-refractivity contribution in [3.8, 4) is 11.5 Å². The van der Waals surface area contributed by atoms with Crippen LogP contribution in [-0.2, 0) is 11.2 Å². The van der Waals surface area contributed by atoms with E-state index in [2.05, 4.69) is 0 Å². The summed E-state index contributed by atoms with van der Waals surface area (Å²) < 4.78 is 22.3. The molecule has 1 N–H and O–H groups in total. The van der Waals surface area contributed by atoms with Crippen LogP contribution in [0, 0.1) is 6.92 Å². The number of ether oxygens (including phenoxy) is 3. The molecule has 2 aromatic rings. The number of fused-ring (bicyclic) bond motifs is 1. The molecule has 0 bridgehead atoms. The molecule has 1 aliphatic carbocycles. The molecule has 1 aromatic carbocycles. The van der Waals surface area contributed by atoms with Gasteiger partial charge < -0.3 is 28.6 Å². The number of rotatable bonds is 5. The van der Waals surface area contributed by atoms with Gasteiger partial charge in [-0.05, 0) is 31.0 Å². The minimum atomic E-state index is -0.616. The number of hydrogen-bond acceptors (Lipinski definition) is 7. The zero-order valence-corrected chi connectivity index (χ0v) is 18.0. The molecule has 31 heavy (non-hydrogen) atoms. The summed E-state index contributed by atoms with van der Waals surface area (Å²) in [4.78, 5) is 28.0. The highest BCUT2D eigenvalue weighted by atomic mass is 16.5. The minimum absolute atomic E-state index is 0.0592. The van der Waals surface area contributed by atoms with Crippen molar-refractivity contribution in [2.75, 3.05) is 34.0 Å². The number of Topliss-reactive ketones (excluding diaryl/α,β-unsaturated/α-hetero) is 1. The maximum Gasteiger partial charge on any atom is 0.258 e. The van der Waals surface area contributed by atoms with E-state index in [-0.39, 0.29) is 24.9 Å². The molecule has 2 atom stereocenters. The predicted octanol–water partition coefficient (Wildman–Crippen LogP) is 2.70. The van der Waals surface area contributed by atoms with Crippen LogP contribution in [0.25, 0.3) is 0 Å². The van der Waals surface area contributed by atoms with E-state index >= 15 is 0 Å². The van der Waals surface area contributed by atoms with Gasteiger partial charge in [0.05, 0.1) is 44.6 Å². The van der Waals surface area contributed by atoms with Crippen LogP contribution in [0.5, 0.6) is 11.5 Å². The number of amides is 1. The molecule has 1 aliphatic heterocycles. The standard InChI is InChI=1S/C23H27NO7/c1-13-20(21-15(26)5-4-6-17(21)31-13)23(27)24-9-10-30-19(12-25)22(24)14-7-8-16(28-2)18(11-14)29-3/h7-8,11,19,22,25H,4-6,9-10,12H2,1-3H3/t19-,22-/m1/s1. The molecule has 0 saturated carbocycles. The van der Waals surface area contributed by atoms with Crippen molar-refractivity contribution in [2.24, 2.45) is 0 Å². The van der Waals surface area contributed by atoms with Crippen LogP contribution >= 0.6 is 0 Å². The lowest BCUT2D eigenvalue weighted by Crippen LogP contribution is -2.49. The first kappa shape index (κ1) is 21.4. The van der Waals surface area contributed by atoms with Gasteiger partial charge in [0.2, 0.25) is 0 Å². The number of aliphatic hydroxyl groups excluding tert-OH is 1. The van der Waals surface area contributed by atoms with Crippen molar-refractivity contribution in [1.82, 2.24) is 4.90 Å². The largest absolute Gasteiger partial charge is 0.493 e. The lowest BCUT2D eigenvalue weighted by Gasteiger charge is -2.41. The zero-order chi connectivity index (χ0) is 22.1. The Morgan fingerprint density at radius 3 is 2.71 bits per heavy atom. The van der Waals surface area contributed by atoms with E-state index in [1.165, 1.54) is 7.11 Å². The molecule has 8 heteroatoms. The molecule has 0 spiro atoms. The van der Waals surface area contributed by atoms with Gasteiger partial charge in [-0.3, -0.25) is 9.59 Å². The topological polar surface area (TPSA) is 98.4 Å². The van der Waals surface area contributed by atoms with Crippen molar-refractivity contribution >= 4 is 11.7 Å². The third-order valence-electron chi connectivity index (χ3n) is 6.00. The molecule has 2 heterocycles. The fourth-order valence-electron chi connectivity index (χ4n) is 4.55. The summed E-state index contributed by atoms with van der Waals surface area (Å²) in [5.41, 5.74) is 1.47. The van der Waals surface area contributed by atoms with Crippen molar-refractivity contribution in [3.05, 3.63) is 46.4 Å². The summed E-state index contributed by atoms with van der Waals surface area (Å²) in [6.07, 6.45) is 1.17. The number of nitrogens with zero attached hydrogens (tertiary/aromatic N) is 1. The second-order valence-electron chi connectivity index (χ2n) is 7.76. The monoisotopic (exact) mass is 429 g/mol. The lowest BCUT2D eigenvalue weighted by molar-refractivity contribution is -0.0812. The van der Waals surface area contributed by atoms with Gasteiger partial charge in [0, 0.05) is 19.4 Å². The van der Waals surface area contributed by atoms with Crippen LogP contribution in [0.1, 0.15) is 56.7 Å². The van der Waals surface area contributed by atoms with E-state index < -0.39 is 12.1 Å². The number of benzene rings is 1. The Labute approximate surface area is 180 Å². The fraction of sp³-hybridized carbons (Fsp3) is 0.478. The molecule has 1 fully saturated rings. The number of morpholine rings is 1. The van der Waals surface area contributed by atoms with Crippen LogP contribution in [0.15, 0.2) is 22.6 Å². The SMILES string of the molecule is COc1ccc([C@@H]2[C@@H](CO)OCCN2C(=O)c2c(C)oc3c2C(=O)CCC3)cc1OC. The summed E-state index contributed by atoms with van der Waals surface area (Å²) in [5, 5.41) is 9.98. The maximum absolute atomic E-state index is 13.7. The van der Waals surface area contributed by atoms with Gasteiger partial charge >= 0.3 is 0 Å². The van der Waals surface area contributed by atoms with Gasteiger partial charge in [-0.15, -0.1) is 0 Å². The Bertz CT molecular complexity index is 996. The number of furan rings is 1. The van der Waals surface area contributed by atoms with Crippen LogP contribution in [0.2, 0.25) is 0 Å². The first-order chi connectivity index (χ1) is 15.0. The van der Waals surface area contributed by atoms with Crippen LogP contribution in [-0.4, -0.2) is 61.8 Å². The van der Waals surface area contributed by atoms with Gasteiger partial charge in [0.15, 0.2) is 17.3 Å². The minimum Gasteiger partial charge on any atom is -0.493 e. The Morgan fingerprint density at radius 1 is 1.23 bits per heavy atom. The zero-order valence-electron chi connectivity index (χ0n) is 18.0. The van der Waals surface area contributed by atoms with E-state index in [0.717, 1.165) is 12.0 Å². The Morgan fingerprint density at radius 2 is 2.00 bits per heavy atom. The van der Waals surface area contributed by atoms with E-state index in [4.69, 9.17) is 18.6 Å².